The second kappa shape index (κ2) is 7.39. The zero-order valence-corrected chi connectivity index (χ0v) is 16.4. The SMILES string of the molecule is CNC(=O)NC1c2c(F)ccc(C(=O)Nc3ccc(F)c(Cl)c3)c2CC1(C)C. The number of halogens is 3. The molecule has 148 valence electrons. The number of hydrogen-bond donors (Lipinski definition) is 3. The van der Waals surface area contributed by atoms with Gasteiger partial charge in [-0.2, -0.15) is 0 Å². The number of carbonyl (C=O) groups excluding carboxylic acids is 2. The van der Waals surface area contributed by atoms with Gasteiger partial charge in [0.1, 0.15) is 11.6 Å². The zero-order chi connectivity index (χ0) is 20.6. The lowest BCUT2D eigenvalue weighted by atomic mass is 9.85. The van der Waals surface area contributed by atoms with Crippen molar-refractivity contribution in [2.24, 2.45) is 5.41 Å². The van der Waals surface area contributed by atoms with Crippen molar-refractivity contribution in [1.82, 2.24) is 10.6 Å². The summed E-state index contributed by atoms with van der Waals surface area (Å²) in [6.07, 6.45) is 0.404. The fourth-order valence-corrected chi connectivity index (χ4v) is 3.72. The van der Waals surface area contributed by atoms with Crippen LogP contribution >= 0.6 is 11.6 Å². The fourth-order valence-electron chi connectivity index (χ4n) is 3.54. The van der Waals surface area contributed by atoms with Gasteiger partial charge in [-0.1, -0.05) is 25.4 Å². The molecular weight excluding hydrogens is 388 g/mol. The standard InChI is InChI=1S/C20H20ClF2N3O2/c1-20(2)9-12-11(18(27)25-10-4-6-14(22)13(21)8-10)5-7-15(23)16(12)17(20)26-19(28)24-3/h4-8,17H,9H2,1-3H3,(H,25,27)(H2,24,26,28). The van der Waals surface area contributed by atoms with Crippen LogP contribution in [0.5, 0.6) is 0 Å². The van der Waals surface area contributed by atoms with Gasteiger partial charge in [0.15, 0.2) is 0 Å². The van der Waals surface area contributed by atoms with Crippen molar-refractivity contribution in [1.29, 1.82) is 0 Å². The summed E-state index contributed by atoms with van der Waals surface area (Å²) in [6.45, 7) is 3.79. The molecule has 3 amide bonds. The molecule has 0 radical (unpaired) electrons. The van der Waals surface area contributed by atoms with Crippen LogP contribution < -0.4 is 16.0 Å². The minimum Gasteiger partial charge on any atom is -0.341 e. The average Bonchev–Trinajstić information content (AvgIpc) is 2.89. The highest BCUT2D eigenvalue weighted by molar-refractivity contribution is 6.31. The van der Waals surface area contributed by atoms with Crippen LogP contribution in [-0.2, 0) is 6.42 Å². The number of carbonyl (C=O) groups is 2. The van der Waals surface area contributed by atoms with E-state index in [1.165, 1.54) is 31.3 Å². The first kappa shape index (κ1) is 20.1. The molecule has 1 aliphatic carbocycles. The minimum absolute atomic E-state index is 0.113. The van der Waals surface area contributed by atoms with Crippen LogP contribution in [0.25, 0.3) is 0 Å². The quantitative estimate of drug-likeness (QED) is 0.704. The molecule has 3 rings (SSSR count). The van der Waals surface area contributed by atoms with Gasteiger partial charge in [-0.05, 0) is 47.7 Å². The smallest absolute Gasteiger partial charge is 0.315 e. The predicted octanol–water partition coefficient (Wildman–Crippen LogP) is 4.42. The Kier molecular flexibility index (Phi) is 5.30. The van der Waals surface area contributed by atoms with Crippen LogP contribution in [0.4, 0.5) is 19.3 Å². The van der Waals surface area contributed by atoms with Gasteiger partial charge >= 0.3 is 6.03 Å². The Morgan fingerprint density at radius 1 is 1.14 bits per heavy atom. The maximum absolute atomic E-state index is 14.6. The molecule has 0 heterocycles. The summed E-state index contributed by atoms with van der Waals surface area (Å²) in [5, 5.41) is 7.77. The molecule has 8 heteroatoms. The van der Waals surface area contributed by atoms with Gasteiger partial charge in [0, 0.05) is 23.9 Å². The Balaban J connectivity index is 1.97. The summed E-state index contributed by atoms with van der Waals surface area (Å²) >= 11 is 5.75. The van der Waals surface area contributed by atoms with E-state index < -0.39 is 35.0 Å². The first-order chi connectivity index (χ1) is 13.1. The second-order valence-corrected chi connectivity index (χ2v) is 7.80. The van der Waals surface area contributed by atoms with Crippen LogP contribution in [0, 0.1) is 17.0 Å². The third-order valence-corrected chi connectivity index (χ3v) is 5.22. The van der Waals surface area contributed by atoms with Gasteiger partial charge in [0.05, 0.1) is 11.1 Å². The van der Waals surface area contributed by atoms with E-state index in [0.717, 1.165) is 6.07 Å². The molecule has 1 atom stereocenters. The normalized spacial score (nSPS) is 17.0. The highest BCUT2D eigenvalue weighted by atomic mass is 35.5. The van der Waals surface area contributed by atoms with Crippen LogP contribution in [-0.4, -0.2) is 19.0 Å². The predicted molar refractivity (Wildman–Crippen MR) is 104 cm³/mol. The summed E-state index contributed by atoms with van der Waals surface area (Å²) in [5.41, 5.74) is 0.971. The second-order valence-electron chi connectivity index (χ2n) is 7.39. The van der Waals surface area contributed by atoms with Gasteiger partial charge in [-0.25, -0.2) is 13.6 Å². The maximum Gasteiger partial charge on any atom is 0.315 e. The Morgan fingerprint density at radius 3 is 2.46 bits per heavy atom. The number of rotatable bonds is 3. The maximum atomic E-state index is 14.6. The van der Waals surface area contributed by atoms with Gasteiger partial charge in [-0.15, -0.1) is 0 Å². The lowest BCUT2D eigenvalue weighted by Crippen LogP contribution is -2.40. The molecule has 0 saturated heterocycles. The van der Waals surface area contributed by atoms with E-state index in [-0.39, 0.29) is 5.02 Å². The summed E-state index contributed by atoms with van der Waals surface area (Å²) in [5.74, 6) is -1.54. The third-order valence-electron chi connectivity index (χ3n) is 4.93. The molecule has 0 spiro atoms. The molecule has 1 aliphatic rings. The summed E-state index contributed by atoms with van der Waals surface area (Å²) in [4.78, 5) is 24.6. The number of urea groups is 1. The largest absolute Gasteiger partial charge is 0.341 e. The third kappa shape index (κ3) is 3.67. The first-order valence-electron chi connectivity index (χ1n) is 8.70. The molecule has 5 nitrogen and oxygen atoms in total. The van der Waals surface area contributed by atoms with Crippen LogP contribution in [0.1, 0.15) is 41.4 Å². The number of hydrogen-bond acceptors (Lipinski definition) is 2. The zero-order valence-electron chi connectivity index (χ0n) is 15.6. The van der Waals surface area contributed by atoms with E-state index in [4.69, 9.17) is 11.6 Å². The number of benzene rings is 2. The topological polar surface area (TPSA) is 70.2 Å². The molecule has 1 unspecified atom stereocenters. The lowest BCUT2D eigenvalue weighted by Gasteiger charge is -2.28. The van der Waals surface area contributed by atoms with Crippen LogP contribution in [0.15, 0.2) is 30.3 Å². The molecule has 0 saturated carbocycles. The summed E-state index contributed by atoms with van der Waals surface area (Å²) in [7, 11) is 1.48. The van der Waals surface area contributed by atoms with Crippen molar-refractivity contribution in [3.05, 3.63) is 63.7 Å². The summed E-state index contributed by atoms with van der Waals surface area (Å²) < 4.78 is 28.0. The first-order valence-corrected chi connectivity index (χ1v) is 9.08. The van der Waals surface area contributed by atoms with Gasteiger partial charge in [0.25, 0.3) is 5.91 Å². The van der Waals surface area contributed by atoms with Crippen LogP contribution in [0.3, 0.4) is 0 Å². The van der Waals surface area contributed by atoms with Gasteiger partial charge in [0.2, 0.25) is 0 Å². The van der Waals surface area contributed by atoms with Crippen molar-refractivity contribution in [2.45, 2.75) is 26.3 Å². The number of anilines is 1. The fraction of sp³-hybridized carbons (Fsp3) is 0.300. The molecule has 3 N–H and O–H groups in total. The van der Waals surface area contributed by atoms with E-state index in [1.807, 2.05) is 13.8 Å². The molecule has 0 bridgehead atoms. The number of nitrogens with one attached hydrogen (secondary N) is 3. The van der Waals surface area contributed by atoms with E-state index in [9.17, 15) is 18.4 Å². The number of amides is 3. The minimum atomic E-state index is -0.591. The Hall–Kier alpha value is -2.67. The van der Waals surface area contributed by atoms with Crippen molar-refractivity contribution in [2.75, 3.05) is 12.4 Å². The molecule has 2 aromatic carbocycles. The highest BCUT2D eigenvalue weighted by Gasteiger charge is 2.43. The molecular formula is C20H20ClF2N3O2. The van der Waals surface area contributed by atoms with Crippen molar-refractivity contribution in [3.8, 4) is 0 Å². The van der Waals surface area contributed by atoms with E-state index in [2.05, 4.69) is 16.0 Å². The van der Waals surface area contributed by atoms with E-state index in [1.54, 1.807) is 0 Å². The van der Waals surface area contributed by atoms with Gasteiger partial charge < -0.3 is 16.0 Å². The van der Waals surface area contributed by atoms with Crippen molar-refractivity contribution >= 4 is 29.2 Å². The van der Waals surface area contributed by atoms with E-state index in [0.29, 0.717) is 28.8 Å². The van der Waals surface area contributed by atoms with Crippen LogP contribution in [0.2, 0.25) is 5.02 Å². The molecule has 28 heavy (non-hydrogen) atoms. The number of fused-ring (bicyclic) bond motifs is 1. The van der Waals surface area contributed by atoms with Crippen molar-refractivity contribution < 1.29 is 18.4 Å². The average molecular weight is 408 g/mol. The van der Waals surface area contributed by atoms with Gasteiger partial charge in [-0.3, -0.25) is 4.79 Å². The van der Waals surface area contributed by atoms with Crippen molar-refractivity contribution in [3.63, 3.8) is 0 Å². The Bertz CT molecular complexity index is 963. The molecule has 2 aromatic rings. The highest BCUT2D eigenvalue weighted by Crippen LogP contribution is 2.47. The Morgan fingerprint density at radius 2 is 1.82 bits per heavy atom. The molecule has 0 fully saturated rings. The molecule has 0 aromatic heterocycles. The lowest BCUT2D eigenvalue weighted by molar-refractivity contribution is 0.102. The summed E-state index contributed by atoms with van der Waals surface area (Å²) in [6, 6.07) is 5.45. The molecule has 0 aliphatic heterocycles. The Labute approximate surface area is 166 Å². The van der Waals surface area contributed by atoms with E-state index >= 15 is 0 Å². The monoisotopic (exact) mass is 407 g/mol.